The summed E-state index contributed by atoms with van der Waals surface area (Å²) in [6.45, 7) is 1.98. The molecule has 7 heteroatoms. The van der Waals surface area contributed by atoms with Gasteiger partial charge in [-0.3, -0.25) is 0 Å². The fraction of sp³-hybridized carbons (Fsp3) is 0.238. The minimum atomic E-state index is -0.502. The van der Waals surface area contributed by atoms with Gasteiger partial charge >= 0.3 is 0 Å². The molecule has 1 aromatic heterocycles. The second-order valence-electron chi connectivity index (χ2n) is 6.66. The zero-order valence-corrected chi connectivity index (χ0v) is 16.1. The van der Waals surface area contributed by atoms with E-state index in [9.17, 15) is 9.65 Å². The lowest BCUT2D eigenvalue weighted by molar-refractivity contribution is 0.415. The molecule has 2 aromatic carbocycles. The summed E-state index contributed by atoms with van der Waals surface area (Å²) in [6, 6.07) is 12.1. The van der Waals surface area contributed by atoms with Gasteiger partial charge in [0.1, 0.15) is 23.5 Å². The van der Waals surface area contributed by atoms with Crippen molar-refractivity contribution in [1.29, 1.82) is 5.26 Å². The summed E-state index contributed by atoms with van der Waals surface area (Å²) in [5.74, 6) is 0.634. The quantitative estimate of drug-likeness (QED) is 0.652. The van der Waals surface area contributed by atoms with E-state index >= 15 is 0 Å². The number of ether oxygens (including phenoxy) is 1. The molecule has 0 amide bonds. The molecule has 28 heavy (non-hydrogen) atoms. The van der Waals surface area contributed by atoms with Gasteiger partial charge in [0.05, 0.1) is 28.9 Å². The van der Waals surface area contributed by atoms with E-state index in [0.29, 0.717) is 22.6 Å². The molecule has 142 valence electrons. The number of benzene rings is 2. The van der Waals surface area contributed by atoms with Crippen LogP contribution in [0.5, 0.6) is 5.75 Å². The molecule has 2 heterocycles. The summed E-state index contributed by atoms with van der Waals surface area (Å²) in [5, 5.41) is 13.5. The summed E-state index contributed by atoms with van der Waals surface area (Å²) in [6.07, 6.45) is 2.32. The van der Waals surface area contributed by atoms with E-state index in [-0.39, 0.29) is 5.02 Å². The number of anilines is 3. The summed E-state index contributed by atoms with van der Waals surface area (Å²) in [5.41, 5.74) is 2.67. The van der Waals surface area contributed by atoms with Gasteiger partial charge < -0.3 is 15.0 Å². The highest BCUT2D eigenvalue weighted by atomic mass is 35.5. The van der Waals surface area contributed by atoms with Gasteiger partial charge in [-0.25, -0.2) is 9.37 Å². The zero-order chi connectivity index (χ0) is 19.7. The number of pyridine rings is 1. The van der Waals surface area contributed by atoms with Crippen LogP contribution in [0.2, 0.25) is 5.02 Å². The molecule has 1 aliphatic heterocycles. The van der Waals surface area contributed by atoms with Crippen molar-refractivity contribution in [2.24, 2.45) is 0 Å². The molecule has 0 atom stereocenters. The van der Waals surface area contributed by atoms with E-state index in [1.807, 2.05) is 12.1 Å². The number of nitrogens with one attached hydrogen (secondary N) is 1. The lowest BCUT2D eigenvalue weighted by atomic mass is 10.1. The van der Waals surface area contributed by atoms with Crippen molar-refractivity contribution in [3.05, 3.63) is 52.8 Å². The molecule has 4 rings (SSSR count). The molecule has 0 spiro atoms. The van der Waals surface area contributed by atoms with Crippen molar-refractivity contribution in [1.82, 2.24) is 4.98 Å². The first-order chi connectivity index (χ1) is 13.6. The Morgan fingerprint density at radius 1 is 1.21 bits per heavy atom. The SMILES string of the molecule is COc1cc2nc(Nc3ccc(F)c(Cl)c3)c(C#N)cc2cc1N1CCCC1. The van der Waals surface area contributed by atoms with Crippen LogP contribution in [0.25, 0.3) is 10.9 Å². The number of hydrogen-bond acceptors (Lipinski definition) is 5. The van der Waals surface area contributed by atoms with Crippen LogP contribution in [-0.4, -0.2) is 25.2 Å². The highest BCUT2D eigenvalue weighted by Gasteiger charge is 2.18. The Morgan fingerprint density at radius 3 is 2.68 bits per heavy atom. The predicted molar refractivity (Wildman–Crippen MR) is 109 cm³/mol. The van der Waals surface area contributed by atoms with Gasteiger partial charge in [-0.1, -0.05) is 11.6 Å². The van der Waals surface area contributed by atoms with Crippen LogP contribution >= 0.6 is 11.6 Å². The normalized spacial score (nSPS) is 13.6. The van der Waals surface area contributed by atoms with Crippen molar-refractivity contribution in [3.63, 3.8) is 0 Å². The van der Waals surface area contributed by atoms with Gasteiger partial charge in [0.25, 0.3) is 0 Å². The molecule has 0 unspecified atom stereocenters. The van der Waals surface area contributed by atoms with Gasteiger partial charge in [0.2, 0.25) is 0 Å². The molecule has 1 fully saturated rings. The number of hydrogen-bond donors (Lipinski definition) is 1. The first-order valence-electron chi connectivity index (χ1n) is 8.99. The molecule has 1 aliphatic rings. The molecule has 5 nitrogen and oxygen atoms in total. The van der Waals surface area contributed by atoms with Crippen LogP contribution < -0.4 is 15.0 Å². The summed E-state index contributed by atoms with van der Waals surface area (Å²) < 4.78 is 19.0. The third-order valence-electron chi connectivity index (χ3n) is 4.86. The lowest BCUT2D eigenvalue weighted by Crippen LogP contribution is -2.18. The number of aromatic nitrogens is 1. The number of nitriles is 1. The molecular formula is C21H18ClFN4O. The van der Waals surface area contributed by atoms with Gasteiger partial charge in [-0.2, -0.15) is 5.26 Å². The number of nitrogens with zero attached hydrogens (tertiary/aromatic N) is 3. The number of fused-ring (bicyclic) bond motifs is 1. The van der Waals surface area contributed by atoms with E-state index in [1.165, 1.54) is 12.1 Å². The highest BCUT2D eigenvalue weighted by Crippen LogP contribution is 2.36. The van der Waals surface area contributed by atoms with Gasteiger partial charge in [0.15, 0.2) is 0 Å². The van der Waals surface area contributed by atoms with E-state index < -0.39 is 5.82 Å². The first kappa shape index (κ1) is 18.3. The molecule has 1 N–H and O–H groups in total. The lowest BCUT2D eigenvalue weighted by Gasteiger charge is -2.21. The molecule has 0 aliphatic carbocycles. The Hall–Kier alpha value is -3.04. The van der Waals surface area contributed by atoms with Gasteiger partial charge in [0, 0.05) is 30.2 Å². The van der Waals surface area contributed by atoms with E-state index in [4.69, 9.17) is 16.3 Å². The predicted octanol–water partition coefficient (Wildman–Crippen LogP) is 5.25. The summed E-state index contributed by atoms with van der Waals surface area (Å²) >= 11 is 5.85. The largest absolute Gasteiger partial charge is 0.495 e. The van der Waals surface area contributed by atoms with Crippen molar-refractivity contribution >= 4 is 39.7 Å². The third-order valence-corrected chi connectivity index (χ3v) is 5.15. The number of halogens is 2. The van der Waals surface area contributed by atoms with Crippen molar-refractivity contribution in [2.45, 2.75) is 12.8 Å². The van der Waals surface area contributed by atoms with Crippen LogP contribution in [0.4, 0.5) is 21.6 Å². The maximum Gasteiger partial charge on any atom is 0.149 e. The standard InChI is InChI=1S/C21H18ClFN4O/c1-28-20-11-18-13(9-19(20)27-6-2-3-7-27)8-14(12-24)21(26-18)25-15-4-5-17(23)16(22)10-15/h4-5,8-11H,2-3,6-7H2,1H3,(H,25,26). The topological polar surface area (TPSA) is 61.2 Å². The number of rotatable bonds is 4. The van der Waals surface area contributed by atoms with Crippen LogP contribution in [0.15, 0.2) is 36.4 Å². The molecule has 0 saturated carbocycles. The Balaban J connectivity index is 1.78. The highest BCUT2D eigenvalue weighted by molar-refractivity contribution is 6.31. The van der Waals surface area contributed by atoms with Crippen molar-refractivity contribution in [3.8, 4) is 11.8 Å². The van der Waals surface area contributed by atoms with Gasteiger partial charge in [-0.15, -0.1) is 0 Å². The molecule has 3 aromatic rings. The molecule has 1 saturated heterocycles. The average molecular weight is 397 g/mol. The second-order valence-corrected chi connectivity index (χ2v) is 7.07. The van der Waals surface area contributed by atoms with Crippen LogP contribution in [0.3, 0.4) is 0 Å². The Morgan fingerprint density at radius 2 is 2.00 bits per heavy atom. The fourth-order valence-electron chi connectivity index (χ4n) is 3.45. The molecular weight excluding hydrogens is 379 g/mol. The molecule has 0 bridgehead atoms. The Bertz CT molecular complexity index is 1090. The van der Waals surface area contributed by atoms with Crippen LogP contribution in [-0.2, 0) is 0 Å². The van der Waals surface area contributed by atoms with Crippen molar-refractivity contribution in [2.75, 3.05) is 30.4 Å². The maximum atomic E-state index is 13.4. The van der Waals surface area contributed by atoms with E-state index in [2.05, 4.69) is 21.3 Å². The summed E-state index contributed by atoms with van der Waals surface area (Å²) in [7, 11) is 1.64. The first-order valence-corrected chi connectivity index (χ1v) is 9.37. The number of methoxy groups -OCH3 is 1. The summed E-state index contributed by atoms with van der Waals surface area (Å²) in [4.78, 5) is 6.89. The third kappa shape index (κ3) is 3.41. The fourth-order valence-corrected chi connectivity index (χ4v) is 3.63. The van der Waals surface area contributed by atoms with Crippen LogP contribution in [0.1, 0.15) is 18.4 Å². The minimum absolute atomic E-state index is 0.00113. The van der Waals surface area contributed by atoms with E-state index in [0.717, 1.165) is 42.8 Å². The van der Waals surface area contributed by atoms with Crippen LogP contribution in [0, 0.1) is 17.1 Å². The second kappa shape index (κ2) is 7.53. The van der Waals surface area contributed by atoms with Gasteiger partial charge in [-0.05, 0) is 43.2 Å². The van der Waals surface area contributed by atoms with Crippen molar-refractivity contribution < 1.29 is 9.13 Å². The smallest absolute Gasteiger partial charge is 0.149 e. The Labute approximate surface area is 167 Å². The maximum absolute atomic E-state index is 13.4. The monoisotopic (exact) mass is 396 g/mol. The zero-order valence-electron chi connectivity index (χ0n) is 15.3. The average Bonchev–Trinajstić information content (AvgIpc) is 3.24. The minimum Gasteiger partial charge on any atom is -0.495 e. The van der Waals surface area contributed by atoms with E-state index in [1.54, 1.807) is 19.2 Å². The Kier molecular flexibility index (Phi) is 4.93. The molecule has 0 radical (unpaired) electrons.